The molecule has 8 N–H and O–H groups in total. The Kier molecular flexibility index (Phi) is 21.3. The van der Waals surface area contributed by atoms with Crippen molar-refractivity contribution >= 4 is 5.97 Å². The maximum absolute atomic E-state index is 12.8. The predicted octanol–water partition coefficient (Wildman–Crippen LogP) is 3.71. The van der Waals surface area contributed by atoms with Gasteiger partial charge in [-0.25, -0.2) is 4.79 Å². The van der Waals surface area contributed by atoms with Crippen molar-refractivity contribution in [2.24, 2.45) is 11.8 Å². The molecule has 292 valence electrons. The summed E-state index contributed by atoms with van der Waals surface area (Å²) in [5.41, 5.74) is 0.457. The van der Waals surface area contributed by atoms with Crippen molar-refractivity contribution in [2.75, 3.05) is 0 Å². The van der Waals surface area contributed by atoms with Gasteiger partial charge < -0.3 is 50.3 Å². The predicted molar refractivity (Wildman–Crippen MR) is 196 cm³/mol. The van der Waals surface area contributed by atoms with E-state index < -0.39 is 54.8 Å². The van der Waals surface area contributed by atoms with Crippen LogP contribution in [-0.4, -0.2) is 114 Å². The highest BCUT2D eigenvalue weighted by Crippen LogP contribution is 2.27. The van der Waals surface area contributed by atoms with Crippen molar-refractivity contribution < 1.29 is 55.1 Å². The second kappa shape index (κ2) is 24.2. The van der Waals surface area contributed by atoms with Gasteiger partial charge in [0, 0.05) is 5.57 Å². The second-order valence-corrected chi connectivity index (χ2v) is 15.1. The number of ether oxygens (including phenoxy) is 2. The minimum absolute atomic E-state index is 0.00370. The van der Waals surface area contributed by atoms with Crippen molar-refractivity contribution in [1.29, 1.82) is 0 Å². The minimum Gasteiger partial charge on any atom is -0.458 e. The van der Waals surface area contributed by atoms with Gasteiger partial charge in [-0.15, -0.1) is 0 Å². The van der Waals surface area contributed by atoms with Crippen LogP contribution in [0.2, 0.25) is 0 Å². The van der Waals surface area contributed by atoms with Crippen LogP contribution in [-0.2, 0) is 14.3 Å². The fourth-order valence-electron chi connectivity index (χ4n) is 6.92. The highest BCUT2D eigenvalue weighted by Gasteiger charge is 2.31. The number of aliphatic hydroxyl groups is 8. The number of carbonyl (C=O) groups excluding carboxylic acids is 1. The number of aliphatic hydroxyl groups excluding tert-OH is 8. The Bertz CT molecular complexity index is 1130. The second-order valence-electron chi connectivity index (χ2n) is 15.1. The van der Waals surface area contributed by atoms with Gasteiger partial charge in [-0.3, -0.25) is 0 Å². The van der Waals surface area contributed by atoms with E-state index >= 15 is 0 Å². The Morgan fingerprint density at radius 1 is 0.569 bits per heavy atom. The summed E-state index contributed by atoms with van der Waals surface area (Å²) in [6.45, 7) is 7.61. The lowest BCUT2D eigenvalue weighted by atomic mass is 9.89. The molecule has 11 heteroatoms. The Balaban J connectivity index is 2.09. The summed E-state index contributed by atoms with van der Waals surface area (Å²) in [6.07, 6.45) is 10.2. The number of hydrogen-bond acceptors (Lipinski definition) is 11. The number of carbonyl (C=O) groups is 1. The van der Waals surface area contributed by atoms with Gasteiger partial charge in [-0.1, -0.05) is 75.5 Å². The van der Waals surface area contributed by atoms with E-state index in [0.29, 0.717) is 37.7 Å². The van der Waals surface area contributed by atoms with Crippen molar-refractivity contribution in [1.82, 2.24) is 0 Å². The molecule has 2 bridgehead atoms. The molecule has 0 saturated carbocycles. The van der Waals surface area contributed by atoms with Gasteiger partial charge in [0.2, 0.25) is 0 Å². The SMILES string of the molecule is C\C1=C/C=C/C=C/C=C/C=C/C[C@@H]2C[C@H](O)C[C@H](C[C@H](O)C[C@@H](O)C[C@H](O)C[C@H](O)C[C@@H](O)C[C@@H](O)C[C@@H](O)CC[C@H](C)[C@@H](C(C)C)OC1=O)O2. The molecule has 0 aromatic heterocycles. The van der Waals surface area contributed by atoms with Crippen LogP contribution in [0.25, 0.3) is 0 Å². The summed E-state index contributed by atoms with van der Waals surface area (Å²) in [5, 5.41) is 84.0. The molecule has 51 heavy (non-hydrogen) atoms. The van der Waals surface area contributed by atoms with Crippen LogP contribution < -0.4 is 0 Å². The van der Waals surface area contributed by atoms with Gasteiger partial charge in [-0.05, 0) is 95.8 Å². The van der Waals surface area contributed by atoms with Gasteiger partial charge >= 0.3 is 5.97 Å². The molecule has 11 nitrogen and oxygen atoms in total. The molecule has 2 aliphatic heterocycles. The normalized spacial score (nSPS) is 40.9. The van der Waals surface area contributed by atoms with Crippen LogP contribution >= 0.6 is 0 Å². The molecular weight excluding hydrogens is 656 g/mol. The first-order valence-electron chi connectivity index (χ1n) is 18.8. The number of cyclic esters (lactones) is 1. The summed E-state index contributed by atoms with van der Waals surface area (Å²) in [6, 6.07) is 0. The maximum Gasteiger partial charge on any atom is 0.334 e. The van der Waals surface area contributed by atoms with Crippen molar-refractivity contribution in [3.8, 4) is 0 Å². The zero-order valence-corrected chi connectivity index (χ0v) is 31.0. The number of fused-ring (bicyclic) bond motifs is 2. The minimum atomic E-state index is -1.09. The van der Waals surface area contributed by atoms with E-state index in [1.807, 2.05) is 63.3 Å². The van der Waals surface area contributed by atoms with Crippen LogP contribution in [0.15, 0.2) is 60.3 Å². The number of allylic oxidation sites excluding steroid dienone is 8. The van der Waals surface area contributed by atoms with Crippen molar-refractivity contribution in [2.45, 2.75) is 172 Å². The smallest absolute Gasteiger partial charge is 0.334 e. The van der Waals surface area contributed by atoms with Gasteiger partial charge in [0.15, 0.2) is 0 Å². The average Bonchev–Trinajstić information content (AvgIpc) is 3.01. The fourth-order valence-corrected chi connectivity index (χ4v) is 6.92. The summed E-state index contributed by atoms with van der Waals surface area (Å²) in [4.78, 5) is 12.8. The zero-order chi connectivity index (χ0) is 37.9. The van der Waals surface area contributed by atoms with Crippen LogP contribution in [0, 0.1) is 11.8 Å². The Labute approximate surface area is 304 Å². The molecule has 2 heterocycles. The third-order valence-electron chi connectivity index (χ3n) is 9.54. The molecule has 0 amide bonds. The number of rotatable bonds is 1. The molecule has 0 spiro atoms. The third-order valence-corrected chi connectivity index (χ3v) is 9.54. The van der Waals surface area contributed by atoms with E-state index in [4.69, 9.17) is 9.47 Å². The monoisotopic (exact) mass is 722 g/mol. The van der Waals surface area contributed by atoms with E-state index in [0.717, 1.165) is 0 Å². The number of esters is 1. The first-order valence-corrected chi connectivity index (χ1v) is 18.8. The van der Waals surface area contributed by atoms with Gasteiger partial charge in [0.25, 0.3) is 0 Å². The van der Waals surface area contributed by atoms with Gasteiger partial charge in [0.1, 0.15) is 6.10 Å². The fraction of sp³-hybridized carbons (Fsp3) is 0.725. The lowest BCUT2D eigenvalue weighted by Gasteiger charge is -2.34. The largest absolute Gasteiger partial charge is 0.458 e. The third kappa shape index (κ3) is 19.5. The molecular formula is C40H66O11. The van der Waals surface area contributed by atoms with Gasteiger partial charge in [0.05, 0.1) is 61.0 Å². The van der Waals surface area contributed by atoms with E-state index in [1.165, 1.54) is 0 Å². The van der Waals surface area contributed by atoms with E-state index in [2.05, 4.69) is 0 Å². The van der Waals surface area contributed by atoms with Crippen molar-refractivity contribution in [3.05, 3.63) is 60.3 Å². The molecule has 1 fully saturated rings. The van der Waals surface area contributed by atoms with E-state index in [-0.39, 0.29) is 75.1 Å². The lowest BCUT2D eigenvalue weighted by Crippen LogP contribution is -2.38. The quantitative estimate of drug-likeness (QED) is 0.184. The van der Waals surface area contributed by atoms with Crippen molar-refractivity contribution in [3.63, 3.8) is 0 Å². The van der Waals surface area contributed by atoms with Crippen LogP contribution in [0.1, 0.15) is 105 Å². The molecule has 0 unspecified atom stereocenters. The first kappa shape index (κ1) is 45.0. The molecule has 0 aromatic carbocycles. The average molecular weight is 723 g/mol. The van der Waals surface area contributed by atoms with E-state index in [9.17, 15) is 45.6 Å². The lowest BCUT2D eigenvalue weighted by molar-refractivity contribution is -0.149. The Morgan fingerprint density at radius 2 is 0.980 bits per heavy atom. The van der Waals surface area contributed by atoms with Crippen LogP contribution in [0.3, 0.4) is 0 Å². The highest BCUT2D eigenvalue weighted by molar-refractivity contribution is 5.88. The van der Waals surface area contributed by atoms with Crippen LogP contribution in [0.5, 0.6) is 0 Å². The Hall–Kier alpha value is -2.19. The summed E-state index contributed by atoms with van der Waals surface area (Å²) in [5.74, 6) is -0.420. The summed E-state index contributed by atoms with van der Waals surface area (Å²) in [7, 11) is 0. The molecule has 1 saturated heterocycles. The molecule has 12 atom stereocenters. The molecule has 2 rings (SSSR count). The molecule has 2 aliphatic rings. The zero-order valence-electron chi connectivity index (χ0n) is 31.0. The summed E-state index contributed by atoms with van der Waals surface area (Å²) >= 11 is 0. The van der Waals surface area contributed by atoms with E-state index in [1.54, 1.807) is 19.1 Å². The Morgan fingerprint density at radius 3 is 1.49 bits per heavy atom. The molecule has 0 aromatic rings. The molecule has 0 aliphatic carbocycles. The first-order chi connectivity index (χ1) is 24.1. The molecule has 0 radical (unpaired) electrons. The standard InChI is InChI=1S/C40H66O11/c1-26(2)39-27(3)15-16-29(41)17-30(42)18-31(43)19-32(44)20-33(45)21-34(46)22-35(47)24-38-25-36(48)23-37(50-38)14-12-10-8-6-5-7-9-11-13-28(4)40(49)51-39/h5-13,26-27,29-39,41-48H,14-25H2,1-4H3/b7-5+,8-6+,11-9+,12-10+,28-13+/t27-,29-,30-,31-,32+,33+,34-,35+,36-,37+,38-,39+/m0/s1. The summed E-state index contributed by atoms with van der Waals surface area (Å²) < 4.78 is 12.0. The highest BCUT2D eigenvalue weighted by atomic mass is 16.5. The van der Waals surface area contributed by atoms with Crippen LogP contribution in [0.4, 0.5) is 0 Å². The topological polar surface area (TPSA) is 197 Å². The number of hydrogen-bond donors (Lipinski definition) is 8. The van der Waals surface area contributed by atoms with Gasteiger partial charge in [-0.2, -0.15) is 0 Å². The maximum atomic E-state index is 12.8.